The molecule has 1 heteroatoms. The zero-order valence-electron chi connectivity index (χ0n) is 16.1. The van der Waals surface area contributed by atoms with E-state index in [9.17, 15) is 0 Å². The zero-order chi connectivity index (χ0) is 18.3. The average molecular weight is 340 g/mol. The van der Waals surface area contributed by atoms with Crippen molar-refractivity contribution in [3.8, 4) is 11.3 Å². The number of hydrogen-bond donors (Lipinski definition) is 0. The summed E-state index contributed by atoms with van der Waals surface area (Å²) in [6.45, 7) is 6.69. The van der Waals surface area contributed by atoms with Crippen molar-refractivity contribution >= 4 is 21.7 Å². The molecule has 0 spiro atoms. The quantitative estimate of drug-likeness (QED) is 0.408. The maximum atomic E-state index is 2.37. The number of aromatic nitrogens is 1. The molecule has 0 saturated heterocycles. The van der Waals surface area contributed by atoms with Crippen LogP contribution in [0.15, 0.2) is 60.7 Å². The van der Waals surface area contributed by atoms with Gasteiger partial charge in [0.15, 0.2) is 0 Å². The van der Waals surface area contributed by atoms with Crippen molar-refractivity contribution in [1.82, 2.24) is 0 Å². The van der Waals surface area contributed by atoms with Gasteiger partial charge in [-0.05, 0) is 59.4 Å². The van der Waals surface area contributed by atoms with Crippen molar-refractivity contribution in [3.63, 3.8) is 0 Å². The molecule has 130 valence electrons. The van der Waals surface area contributed by atoms with Gasteiger partial charge in [-0.3, -0.25) is 0 Å². The Morgan fingerprint density at radius 2 is 1.54 bits per heavy atom. The van der Waals surface area contributed by atoms with E-state index >= 15 is 0 Å². The first-order chi connectivity index (χ1) is 12.6. The van der Waals surface area contributed by atoms with Crippen molar-refractivity contribution in [2.45, 2.75) is 33.6 Å². The van der Waals surface area contributed by atoms with Crippen molar-refractivity contribution in [2.24, 2.45) is 7.05 Å². The van der Waals surface area contributed by atoms with Crippen molar-refractivity contribution in [2.75, 3.05) is 0 Å². The minimum atomic E-state index is 1.07. The smallest absolute Gasteiger partial charge is 0.194 e. The van der Waals surface area contributed by atoms with Crippen LogP contribution in [0.5, 0.6) is 0 Å². The monoisotopic (exact) mass is 340 g/mol. The largest absolute Gasteiger partial charge is 0.213 e. The molecule has 0 aliphatic rings. The highest BCUT2D eigenvalue weighted by Gasteiger charge is 2.18. The molecule has 0 unspecified atom stereocenters. The molecule has 0 N–H and O–H groups in total. The highest BCUT2D eigenvalue weighted by Crippen LogP contribution is 2.29. The van der Waals surface area contributed by atoms with E-state index in [1.54, 1.807) is 0 Å². The van der Waals surface area contributed by atoms with Gasteiger partial charge in [0.05, 0.1) is 0 Å². The number of benzene rings is 3. The molecule has 0 bridgehead atoms. The van der Waals surface area contributed by atoms with Crippen molar-refractivity contribution in [1.29, 1.82) is 0 Å². The molecule has 3 aromatic carbocycles. The molecule has 0 aliphatic heterocycles. The Hall–Kier alpha value is -2.67. The molecule has 4 rings (SSSR count). The van der Waals surface area contributed by atoms with Crippen LogP contribution in [0.25, 0.3) is 32.9 Å². The van der Waals surface area contributed by atoms with Gasteiger partial charge in [0.2, 0.25) is 11.2 Å². The summed E-state index contributed by atoms with van der Waals surface area (Å²) >= 11 is 0. The summed E-state index contributed by atoms with van der Waals surface area (Å²) < 4.78 is 2.37. The molecule has 0 saturated carbocycles. The van der Waals surface area contributed by atoms with Gasteiger partial charge in [-0.25, -0.2) is 0 Å². The predicted octanol–water partition coefficient (Wildman–Crippen LogP) is 5.92. The lowest BCUT2D eigenvalue weighted by Crippen LogP contribution is -2.32. The summed E-state index contributed by atoms with van der Waals surface area (Å²) in [6, 6.07) is 22.5. The fraction of sp³-hybridized carbons (Fsp3) is 0.240. The maximum absolute atomic E-state index is 2.37. The van der Waals surface area contributed by atoms with Crippen LogP contribution in [0.4, 0.5) is 0 Å². The Morgan fingerprint density at radius 1 is 0.808 bits per heavy atom. The highest BCUT2D eigenvalue weighted by molar-refractivity contribution is 5.89. The third kappa shape index (κ3) is 2.68. The van der Waals surface area contributed by atoms with Gasteiger partial charge in [-0.1, -0.05) is 50.2 Å². The van der Waals surface area contributed by atoms with Crippen LogP contribution in [0.3, 0.4) is 0 Å². The molecular weight excluding hydrogens is 314 g/mol. The minimum Gasteiger partial charge on any atom is -0.194 e. The first kappa shape index (κ1) is 16.8. The van der Waals surface area contributed by atoms with Gasteiger partial charge >= 0.3 is 0 Å². The standard InChI is InChI=1S/C25H26N/c1-5-18-14-19(6-2)22-11-12-24(26(4)25(22)15-18)23-16-21-10-8-7-9-20(21)13-17(23)3/h7-16H,5-6H2,1-4H3/q+1. The fourth-order valence-corrected chi connectivity index (χ4v) is 4.03. The van der Waals surface area contributed by atoms with Gasteiger partial charge in [-0.2, -0.15) is 4.57 Å². The Bertz CT molecular complexity index is 1120. The highest BCUT2D eigenvalue weighted by atomic mass is 14.9. The molecule has 0 amide bonds. The summed E-state index contributed by atoms with van der Waals surface area (Å²) in [4.78, 5) is 0. The Balaban J connectivity index is 2.01. The van der Waals surface area contributed by atoms with Crippen molar-refractivity contribution < 1.29 is 4.57 Å². The number of aryl methyl sites for hydroxylation is 4. The molecule has 26 heavy (non-hydrogen) atoms. The lowest BCUT2D eigenvalue weighted by Gasteiger charge is -2.11. The van der Waals surface area contributed by atoms with Crippen LogP contribution in [-0.2, 0) is 19.9 Å². The number of rotatable bonds is 3. The molecule has 0 atom stereocenters. The number of pyridine rings is 1. The van der Waals surface area contributed by atoms with Gasteiger partial charge in [0.1, 0.15) is 7.05 Å². The van der Waals surface area contributed by atoms with Crippen molar-refractivity contribution in [3.05, 3.63) is 77.4 Å². The maximum Gasteiger partial charge on any atom is 0.213 e. The Morgan fingerprint density at radius 3 is 2.23 bits per heavy atom. The molecule has 4 aromatic rings. The van der Waals surface area contributed by atoms with Gasteiger partial charge < -0.3 is 0 Å². The van der Waals surface area contributed by atoms with E-state index < -0.39 is 0 Å². The SMILES string of the molecule is CCc1cc(CC)c2ccc(-c3cc4ccccc4cc3C)[n+](C)c2c1. The number of fused-ring (bicyclic) bond motifs is 2. The van der Waals surface area contributed by atoms with Crippen LogP contribution in [0.2, 0.25) is 0 Å². The lowest BCUT2D eigenvalue weighted by molar-refractivity contribution is -0.633. The first-order valence-corrected chi connectivity index (χ1v) is 9.56. The van der Waals surface area contributed by atoms with Gasteiger partial charge in [-0.15, -0.1) is 0 Å². The van der Waals surface area contributed by atoms with E-state index in [0.29, 0.717) is 0 Å². The average Bonchev–Trinajstić information content (AvgIpc) is 2.67. The molecule has 0 fully saturated rings. The van der Waals surface area contributed by atoms with E-state index in [2.05, 4.69) is 93.0 Å². The predicted molar refractivity (Wildman–Crippen MR) is 112 cm³/mol. The van der Waals surface area contributed by atoms with Crippen LogP contribution >= 0.6 is 0 Å². The topological polar surface area (TPSA) is 3.88 Å². The zero-order valence-corrected chi connectivity index (χ0v) is 16.1. The second-order valence-corrected chi connectivity index (χ2v) is 7.19. The normalized spacial score (nSPS) is 11.4. The molecule has 1 nitrogen and oxygen atoms in total. The van der Waals surface area contributed by atoms with E-state index in [-0.39, 0.29) is 0 Å². The summed E-state index contributed by atoms with van der Waals surface area (Å²) in [5.74, 6) is 0. The van der Waals surface area contributed by atoms with E-state index in [0.717, 1.165) is 12.8 Å². The summed E-state index contributed by atoms with van der Waals surface area (Å²) in [6.07, 6.45) is 2.14. The summed E-state index contributed by atoms with van der Waals surface area (Å²) in [5, 5.41) is 3.97. The second-order valence-electron chi connectivity index (χ2n) is 7.19. The van der Waals surface area contributed by atoms with E-state index in [4.69, 9.17) is 0 Å². The molecule has 0 aliphatic carbocycles. The lowest BCUT2D eigenvalue weighted by atomic mass is 9.96. The third-order valence-corrected chi connectivity index (χ3v) is 5.59. The Kier molecular flexibility index (Phi) is 4.24. The summed E-state index contributed by atoms with van der Waals surface area (Å²) in [7, 11) is 2.20. The Labute approximate surface area is 155 Å². The molecule has 1 heterocycles. The van der Waals surface area contributed by atoms with Gasteiger partial charge in [0, 0.05) is 23.1 Å². The molecule has 0 radical (unpaired) electrons. The second kappa shape index (κ2) is 6.57. The van der Waals surface area contributed by atoms with Crippen LogP contribution in [0, 0.1) is 6.92 Å². The first-order valence-electron chi connectivity index (χ1n) is 9.56. The molecule has 1 aromatic heterocycles. The minimum absolute atomic E-state index is 1.07. The van der Waals surface area contributed by atoms with E-state index in [1.807, 2.05) is 0 Å². The number of nitrogens with zero attached hydrogens (tertiary/aromatic N) is 1. The fourth-order valence-electron chi connectivity index (χ4n) is 4.03. The van der Waals surface area contributed by atoms with Crippen LogP contribution in [-0.4, -0.2) is 0 Å². The molecular formula is C25H26N+. The summed E-state index contributed by atoms with van der Waals surface area (Å²) in [5.41, 5.74) is 8.09. The van der Waals surface area contributed by atoms with Gasteiger partial charge in [0.25, 0.3) is 0 Å². The van der Waals surface area contributed by atoms with E-state index in [1.165, 1.54) is 49.6 Å². The van der Waals surface area contributed by atoms with Crippen LogP contribution in [0.1, 0.15) is 30.5 Å². The third-order valence-electron chi connectivity index (χ3n) is 5.59. The van der Waals surface area contributed by atoms with Crippen LogP contribution < -0.4 is 4.57 Å². The number of hydrogen-bond acceptors (Lipinski definition) is 0.